The number of benzene rings is 1. The van der Waals surface area contributed by atoms with Crippen LogP contribution in [0.1, 0.15) is 36.6 Å². The molecular formula is C19H26N3OS+. The van der Waals surface area contributed by atoms with E-state index in [1.807, 2.05) is 18.2 Å². The first kappa shape index (κ1) is 17.0. The number of furan rings is 1. The molecule has 2 heterocycles. The average molecular weight is 345 g/mol. The van der Waals surface area contributed by atoms with Crippen LogP contribution in [0.4, 0.5) is 5.69 Å². The van der Waals surface area contributed by atoms with E-state index >= 15 is 0 Å². The number of hydrogen-bond donors (Lipinski definition) is 3. The Balaban J connectivity index is 1.59. The lowest BCUT2D eigenvalue weighted by Gasteiger charge is -2.30. The SMILES string of the molecule is Cc1cccc(NC(=S)NC[C@@H](c2ccco2)[NH+]2CCCCC2)c1. The molecule has 0 amide bonds. The van der Waals surface area contributed by atoms with Gasteiger partial charge < -0.3 is 20.0 Å². The van der Waals surface area contributed by atoms with Crippen LogP contribution in [0.15, 0.2) is 47.1 Å². The zero-order chi connectivity index (χ0) is 16.8. The predicted octanol–water partition coefficient (Wildman–Crippen LogP) is 2.68. The molecule has 1 atom stereocenters. The summed E-state index contributed by atoms with van der Waals surface area (Å²) < 4.78 is 5.69. The van der Waals surface area contributed by atoms with Gasteiger partial charge in [-0.2, -0.15) is 0 Å². The highest BCUT2D eigenvalue weighted by atomic mass is 32.1. The quantitative estimate of drug-likeness (QED) is 0.730. The molecule has 1 aromatic heterocycles. The lowest BCUT2D eigenvalue weighted by molar-refractivity contribution is -0.936. The maximum atomic E-state index is 5.69. The van der Waals surface area contributed by atoms with E-state index in [-0.39, 0.29) is 0 Å². The summed E-state index contributed by atoms with van der Waals surface area (Å²) in [6, 6.07) is 12.6. The summed E-state index contributed by atoms with van der Waals surface area (Å²) in [7, 11) is 0. The molecule has 0 radical (unpaired) electrons. The molecule has 0 bridgehead atoms. The van der Waals surface area contributed by atoms with Gasteiger partial charge in [-0.25, -0.2) is 0 Å². The van der Waals surface area contributed by atoms with Gasteiger partial charge in [0.2, 0.25) is 0 Å². The zero-order valence-electron chi connectivity index (χ0n) is 14.2. The van der Waals surface area contributed by atoms with Crippen molar-refractivity contribution in [3.63, 3.8) is 0 Å². The number of quaternary nitrogens is 1. The third kappa shape index (κ3) is 4.58. The van der Waals surface area contributed by atoms with Gasteiger partial charge in [-0.05, 0) is 68.2 Å². The van der Waals surface area contributed by atoms with Crippen molar-refractivity contribution in [2.75, 3.05) is 25.0 Å². The van der Waals surface area contributed by atoms with Crippen molar-refractivity contribution in [2.24, 2.45) is 0 Å². The molecule has 1 aliphatic rings. The van der Waals surface area contributed by atoms with E-state index in [0.717, 1.165) is 18.0 Å². The van der Waals surface area contributed by atoms with Crippen molar-refractivity contribution in [3.8, 4) is 0 Å². The topological polar surface area (TPSA) is 41.6 Å². The van der Waals surface area contributed by atoms with Gasteiger partial charge in [0, 0.05) is 5.69 Å². The van der Waals surface area contributed by atoms with Crippen molar-refractivity contribution in [3.05, 3.63) is 54.0 Å². The third-order valence-corrected chi connectivity index (χ3v) is 4.86. The fourth-order valence-corrected chi connectivity index (χ4v) is 3.58. The predicted molar refractivity (Wildman–Crippen MR) is 101 cm³/mol. The summed E-state index contributed by atoms with van der Waals surface area (Å²) in [6.07, 6.45) is 5.68. The maximum Gasteiger partial charge on any atom is 0.171 e. The van der Waals surface area contributed by atoms with E-state index in [4.69, 9.17) is 16.6 Å². The van der Waals surface area contributed by atoms with Gasteiger partial charge in [0.05, 0.1) is 25.9 Å². The standard InChI is InChI=1S/C19H25N3OS/c1-15-7-5-8-16(13-15)21-19(24)20-14-17(18-9-6-12-23-18)22-10-3-2-4-11-22/h5-9,12-13,17H,2-4,10-11,14H2,1H3,(H2,20,21,24)/p+1/t17-/m0/s1. The van der Waals surface area contributed by atoms with E-state index in [9.17, 15) is 0 Å². The summed E-state index contributed by atoms with van der Waals surface area (Å²) in [5, 5.41) is 7.30. The van der Waals surface area contributed by atoms with E-state index in [1.54, 1.807) is 11.2 Å². The van der Waals surface area contributed by atoms with Crippen molar-refractivity contribution < 1.29 is 9.32 Å². The molecule has 1 aliphatic heterocycles. The van der Waals surface area contributed by atoms with Gasteiger partial charge in [0.25, 0.3) is 0 Å². The van der Waals surface area contributed by atoms with Crippen LogP contribution in [0.5, 0.6) is 0 Å². The number of nitrogens with one attached hydrogen (secondary N) is 3. The molecule has 1 fully saturated rings. The van der Waals surface area contributed by atoms with Crippen molar-refractivity contribution in [1.82, 2.24) is 5.32 Å². The van der Waals surface area contributed by atoms with E-state index in [1.165, 1.54) is 37.9 Å². The Hall–Kier alpha value is -1.85. The Morgan fingerprint density at radius 2 is 2.04 bits per heavy atom. The molecule has 2 aromatic rings. The van der Waals surface area contributed by atoms with Crippen LogP contribution in [0, 0.1) is 6.92 Å². The molecule has 0 unspecified atom stereocenters. The number of hydrogen-bond acceptors (Lipinski definition) is 2. The van der Waals surface area contributed by atoms with Crippen molar-refractivity contribution >= 4 is 23.0 Å². The second-order valence-corrected chi connectivity index (χ2v) is 6.90. The minimum atomic E-state index is 0.303. The Morgan fingerprint density at radius 1 is 1.21 bits per heavy atom. The highest BCUT2D eigenvalue weighted by Crippen LogP contribution is 2.12. The summed E-state index contributed by atoms with van der Waals surface area (Å²) in [5.74, 6) is 1.04. The lowest BCUT2D eigenvalue weighted by atomic mass is 10.1. The molecule has 1 aromatic carbocycles. The van der Waals surface area contributed by atoms with Crippen LogP contribution < -0.4 is 15.5 Å². The monoisotopic (exact) mass is 344 g/mol. The maximum absolute atomic E-state index is 5.69. The van der Waals surface area contributed by atoms with Crippen LogP contribution in [-0.2, 0) is 0 Å². The van der Waals surface area contributed by atoms with E-state index in [0.29, 0.717) is 11.2 Å². The fraction of sp³-hybridized carbons (Fsp3) is 0.421. The smallest absolute Gasteiger partial charge is 0.171 e. The van der Waals surface area contributed by atoms with Crippen LogP contribution >= 0.6 is 12.2 Å². The minimum absolute atomic E-state index is 0.303. The van der Waals surface area contributed by atoms with E-state index < -0.39 is 0 Å². The van der Waals surface area contributed by atoms with Gasteiger partial charge in [-0.1, -0.05) is 12.1 Å². The second-order valence-electron chi connectivity index (χ2n) is 6.49. The molecule has 1 saturated heterocycles. The molecule has 0 aliphatic carbocycles. The molecule has 24 heavy (non-hydrogen) atoms. The largest absolute Gasteiger partial charge is 0.463 e. The first-order valence-electron chi connectivity index (χ1n) is 8.72. The Kier molecular flexibility index (Phi) is 5.88. The van der Waals surface area contributed by atoms with E-state index in [2.05, 4.69) is 35.8 Å². The molecule has 3 rings (SSSR count). The van der Waals surface area contributed by atoms with Crippen LogP contribution in [-0.4, -0.2) is 24.7 Å². The van der Waals surface area contributed by atoms with Crippen molar-refractivity contribution in [1.29, 1.82) is 0 Å². The van der Waals surface area contributed by atoms with Gasteiger partial charge in [-0.3, -0.25) is 0 Å². The third-order valence-electron chi connectivity index (χ3n) is 4.62. The molecule has 3 N–H and O–H groups in total. The highest BCUT2D eigenvalue weighted by molar-refractivity contribution is 7.80. The van der Waals surface area contributed by atoms with Gasteiger partial charge in [0.1, 0.15) is 0 Å². The minimum Gasteiger partial charge on any atom is -0.463 e. The first-order chi connectivity index (χ1) is 11.7. The Bertz CT molecular complexity index is 650. The lowest BCUT2D eigenvalue weighted by Crippen LogP contribution is -3.13. The number of likely N-dealkylation sites (tertiary alicyclic amines) is 1. The number of anilines is 1. The zero-order valence-corrected chi connectivity index (χ0v) is 15.0. The van der Waals surface area contributed by atoms with Crippen LogP contribution in [0.25, 0.3) is 0 Å². The fourth-order valence-electron chi connectivity index (χ4n) is 3.38. The number of rotatable bonds is 5. The molecule has 0 saturated carbocycles. The number of thiocarbonyl (C=S) groups is 1. The Morgan fingerprint density at radius 3 is 2.75 bits per heavy atom. The summed E-state index contributed by atoms with van der Waals surface area (Å²) >= 11 is 5.47. The first-order valence-corrected chi connectivity index (χ1v) is 9.13. The number of aryl methyl sites for hydroxylation is 1. The highest BCUT2D eigenvalue weighted by Gasteiger charge is 2.28. The molecule has 4 nitrogen and oxygen atoms in total. The van der Waals surface area contributed by atoms with Gasteiger partial charge >= 0.3 is 0 Å². The van der Waals surface area contributed by atoms with Crippen molar-refractivity contribution in [2.45, 2.75) is 32.2 Å². The molecule has 128 valence electrons. The summed E-state index contributed by atoms with van der Waals surface area (Å²) in [4.78, 5) is 1.59. The van der Waals surface area contributed by atoms with Gasteiger partial charge in [-0.15, -0.1) is 0 Å². The average Bonchev–Trinajstić information content (AvgIpc) is 3.10. The molecule has 0 spiro atoms. The summed E-state index contributed by atoms with van der Waals surface area (Å²) in [6.45, 7) is 5.26. The second kappa shape index (κ2) is 8.31. The number of piperidine rings is 1. The molecular weight excluding hydrogens is 318 g/mol. The van der Waals surface area contributed by atoms with Gasteiger partial charge in [0.15, 0.2) is 16.9 Å². The van der Waals surface area contributed by atoms with Crippen LogP contribution in [0.3, 0.4) is 0 Å². The molecule has 5 heteroatoms. The summed E-state index contributed by atoms with van der Waals surface area (Å²) in [5.41, 5.74) is 2.24. The van der Waals surface area contributed by atoms with Crippen LogP contribution in [0.2, 0.25) is 0 Å². The Labute approximate surface area is 149 Å². The normalized spacial score (nSPS) is 16.5.